The van der Waals surface area contributed by atoms with E-state index in [1.165, 1.54) is 4.88 Å². The molecule has 1 aliphatic rings. The molecule has 0 atom stereocenters. The Morgan fingerprint density at radius 3 is 2.55 bits per heavy atom. The number of carbonyl (C=O) groups is 1. The summed E-state index contributed by atoms with van der Waals surface area (Å²) in [6.45, 7) is 3.15. The van der Waals surface area contributed by atoms with Crippen molar-refractivity contribution in [3.8, 4) is 0 Å². The normalized spacial score (nSPS) is 16.8. The van der Waals surface area contributed by atoms with E-state index < -0.39 is 0 Å². The van der Waals surface area contributed by atoms with Crippen LogP contribution >= 0.6 is 22.9 Å². The first-order valence-corrected chi connectivity index (χ1v) is 9.02. The highest BCUT2D eigenvalue weighted by molar-refractivity contribution is 7.09. The van der Waals surface area contributed by atoms with Crippen LogP contribution in [0.2, 0.25) is 5.02 Å². The van der Waals surface area contributed by atoms with Crippen molar-refractivity contribution in [2.45, 2.75) is 19.3 Å². The molecule has 2 nitrogen and oxygen atoms in total. The first-order chi connectivity index (χ1) is 10.7. The van der Waals surface area contributed by atoms with E-state index in [2.05, 4.69) is 22.4 Å². The highest BCUT2D eigenvalue weighted by Gasteiger charge is 2.25. The third-order valence-electron chi connectivity index (χ3n) is 4.34. The summed E-state index contributed by atoms with van der Waals surface area (Å²) in [7, 11) is 0. The first kappa shape index (κ1) is 15.7. The van der Waals surface area contributed by atoms with Crippen LogP contribution in [0, 0.1) is 5.92 Å². The van der Waals surface area contributed by atoms with Gasteiger partial charge in [-0.05, 0) is 68.1 Å². The van der Waals surface area contributed by atoms with Gasteiger partial charge < -0.3 is 4.90 Å². The van der Waals surface area contributed by atoms with Gasteiger partial charge in [0.1, 0.15) is 0 Å². The van der Waals surface area contributed by atoms with Crippen LogP contribution in [0.4, 0.5) is 0 Å². The molecule has 0 bridgehead atoms. The maximum absolute atomic E-state index is 12.5. The molecule has 0 spiro atoms. The molecule has 0 unspecified atom stereocenters. The number of nitrogens with zero attached hydrogens (tertiary/aromatic N) is 1. The molecule has 2 heterocycles. The Balaban J connectivity index is 1.48. The lowest BCUT2D eigenvalue weighted by Gasteiger charge is -2.31. The number of rotatable bonds is 5. The molecule has 1 aliphatic heterocycles. The van der Waals surface area contributed by atoms with Gasteiger partial charge >= 0.3 is 0 Å². The molecule has 1 saturated heterocycles. The van der Waals surface area contributed by atoms with Crippen LogP contribution < -0.4 is 0 Å². The van der Waals surface area contributed by atoms with Crippen molar-refractivity contribution in [2.75, 3.05) is 19.6 Å². The number of ketones is 1. The van der Waals surface area contributed by atoms with Crippen molar-refractivity contribution in [1.29, 1.82) is 0 Å². The highest BCUT2D eigenvalue weighted by Crippen LogP contribution is 2.23. The van der Waals surface area contributed by atoms with Gasteiger partial charge in [0, 0.05) is 27.9 Å². The molecule has 1 aromatic carbocycles. The average Bonchev–Trinajstić information content (AvgIpc) is 3.07. The van der Waals surface area contributed by atoms with Crippen LogP contribution in [0.25, 0.3) is 0 Å². The van der Waals surface area contributed by atoms with E-state index >= 15 is 0 Å². The van der Waals surface area contributed by atoms with Crippen molar-refractivity contribution < 1.29 is 4.79 Å². The monoisotopic (exact) mass is 333 g/mol. The lowest BCUT2D eigenvalue weighted by molar-refractivity contribution is 0.0841. The molecule has 22 heavy (non-hydrogen) atoms. The van der Waals surface area contributed by atoms with Gasteiger partial charge in [0.25, 0.3) is 0 Å². The summed E-state index contributed by atoms with van der Waals surface area (Å²) in [5.74, 6) is 0.439. The van der Waals surface area contributed by atoms with Crippen molar-refractivity contribution in [1.82, 2.24) is 4.90 Å². The molecule has 0 amide bonds. The number of hydrogen-bond donors (Lipinski definition) is 0. The largest absolute Gasteiger partial charge is 0.303 e. The van der Waals surface area contributed by atoms with Gasteiger partial charge in [0.2, 0.25) is 0 Å². The number of Topliss-reactive ketones (excluding diaryl/α,β-unsaturated/α-hetero) is 1. The second-order valence-electron chi connectivity index (χ2n) is 5.82. The van der Waals surface area contributed by atoms with Gasteiger partial charge in [0.05, 0.1) is 0 Å². The third-order valence-corrected chi connectivity index (χ3v) is 5.53. The summed E-state index contributed by atoms with van der Waals surface area (Å²) in [4.78, 5) is 16.4. The minimum Gasteiger partial charge on any atom is -0.303 e. The standard InChI is InChI=1S/C18H20ClNOS/c19-16-5-3-14(4-6-16)18(21)15-7-10-20(11-8-15)12-9-17-2-1-13-22-17/h1-6,13,15H,7-12H2. The third kappa shape index (κ3) is 3.97. The quantitative estimate of drug-likeness (QED) is 0.749. The van der Waals surface area contributed by atoms with Gasteiger partial charge in [-0.2, -0.15) is 0 Å². The van der Waals surface area contributed by atoms with E-state index in [-0.39, 0.29) is 11.7 Å². The summed E-state index contributed by atoms with van der Waals surface area (Å²) in [5.41, 5.74) is 0.793. The predicted molar refractivity (Wildman–Crippen MR) is 93.0 cm³/mol. The number of thiophene rings is 1. The van der Waals surface area contributed by atoms with Crippen LogP contribution in [0.15, 0.2) is 41.8 Å². The van der Waals surface area contributed by atoms with E-state index in [0.29, 0.717) is 5.02 Å². The van der Waals surface area contributed by atoms with E-state index in [1.807, 2.05) is 23.5 Å². The number of likely N-dealkylation sites (tertiary alicyclic amines) is 1. The highest BCUT2D eigenvalue weighted by atomic mass is 35.5. The summed E-state index contributed by atoms with van der Waals surface area (Å²) < 4.78 is 0. The molecule has 0 aliphatic carbocycles. The summed E-state index contributed by atoms with van der Waals surface area (Å²) in [6.07, 6.45) is 3.05. The number of benzene rings is 1. The Labute approximate surface area is 140 Å². The van der Waals surface area contributed by atoms with E-state index in [9.17, 15) is 4.79 Å². The molecule has 2 aromatic rings. The first-order valence-electron chi connectivity index (χ1n) is 7.77. The number of halogens is 1. The Morgan fingerprint density at radius 1 is 1.18 bits per heavy atom. The molecule has 1 fully saturated rings. The maximum Gasteiger partial charge on any atom is 0.166 e. The minimum atomic E-state index is 0.166. The van der Waals surface area contributed by atoms with Crippen molar-refractivity contribution in [2.24, 2.45) is 5.92 Å². The Hall–Kier alpha value is -1.16. The predicted octanol–water partition coefficient (Wildman–Crippen LogP) is 4.54. The molecular formula is C18H20ClNOS. The van der Waals surface area contributed by atoms with Gasteiger partial charge in [0.15, 0.2) is 5.78 Å². The van der Waals surface area contributed by atoms with Crippen molar-refractivity contribution in [3.63, 3.8) is 0 Å². The second kappa shape index (κ2) is 7.40. The van der Waals surface area contributed by atoms with Crippen LogP contribution in [0.5, 0.6) is 0 Å². The van der Waals surface area contributed by atoms with Gasteiger partial charge in [-0.1, -0.05) is 17.7 Å². The van der Waals surface area contributed by atoms with Crippen LogP contribution in [0.1, 0.15) is 28.1 Å². The second-order valence-corrected chi connectivity index (χ2v) is 7.29. The van der Waals surface area contributed by atoms with E-state index in [0.717, 1.165) is 44.5 Å². The Morgan fingerprint density at radius 2 is 1.91 bits per heavy atom. The molecule has 0 N–H and O–H groups in total. The summed E-state index contributed by atoms with van der Waals surface area (Å²) in [5, 5.41) is 2.81. The zero-order valence-corrected chi connectivity index (χ0v) is 14.1. The summed E-state index contributed by atoms with van der Waals surface area (Å²) in [6, 6.07) is 11.6. The summed E-state index contributed by atoms with van der Waals surface area (Å²) >= 11 is 7.70. The van der Waals surface area contributed by atoms with Crippen molar-refractivity contribution in [3.05, 3.63) is 57.2 Å². The minimum absolute atomic E-state index is 0.166. The molecular weight excluding hydrogens is 314 g/mol. The fourth-order valence-electron chi connectivity index (χ4n) is 2.99. The van der Waals surface area contributed by atoms with E-state index in [4.69, 9.17) is 11.6 Å². The Kier molecular flexibility index (Phi) is 5.29. The molecule has 0 saturated carbocycles. The zero-order chi connectivity index (χ0) is 15.4. The van der Waals surface area contributed by atoms with E-state index in [1.54, 1.807) is 12.1 Å². The molecule has 0 radical (unpaired) electrons. The molecule has 1 aromatic heterocycles. The zero-order valence-electron chi connectivity index (χ0n) is 12.5. The molecule has 116 valence electrons. The smallest absolute Gasteiger partial charge is 0.166 e. The SMILES string of the molecule is O=C(c1ccc(Cl)cc1)C1CCN(CCc2cccs2)CC1. The number of carbonyl (C=O) groups excluding carboxylic acids is 1. The number of hydrogen-bond acceptors (Lipinski definition) is 3. The number of piperidine rings is 1. The fraction of sp³-hybridized carbons (Fsp3) is 0.389. The molecule has 4 heteroatoms. The Bertz CT molecular complexity index is 601. The fourth-order valence-corrected chi connectivity index (χ4v) is 3.82. The van der Waals surface area contributed by atoms with Crippen LogP contribution in [-0.4, -0.2) is 30.3 Å². The van der Waals surface area contributed by atoms with Crippen LogP contribution in [0.3, 0.4) is 0 Å². The topological polar surface area (TPSA) is 20.3 Å². The maximum atomic E-state index is 12.5. The lowest BCUT2D eigenvalue weighted by Crippen LogP contribution is -2.37. The van der Waals surface area contributed by atoms with Crippen LogP contribution in [-0.2, 0) is 6.42 Å². The lowest BCUT2D eigenvalue weighted by atomic mass is 9.89. The van der Waals surface area contributed by atoms with Gasteiger partial charge in [-0.15, -0.1) is 11.3 Å². The van der Waals surface area contributed by atoms with Gasteiger partial charge in [-0.3, -0.25) is 4.79 Å². The van der Waals surface area contributed by atoms with Gasteiger partial charge in [-0.25, -0.2) is 0 Å². The van der Waals surface area contributed by atoms with Crippen molar-refractivity contribution >= 4 is 28.7 Å². The molecule has 3 rings (SSSR count). The average molecular weight is 334 g/mol.